The molecule has 12 heavy (non-hydrogen) atoms. The van der Waals surface area contributed by atoms with Crippen molar-refractivity contribution in [3.63, 3.8) is 0 Å². The summed E-state index contributed by atoms with van der Waals surface area (Å²) in [6.07, 6.45) is 0. The van der Waals surface area contributed by atoms with Gasteiger partial charge >= 0.3 is 5.97 Å². The second-order valence-corrected chi connectivity index (χ2v) is 2.56. The molecule has 0 aliphatic carbocycles. The van der Waals surface area contributed by atoms with Crippen LogP contribution >= 0.6 is 23.2 Å². The second kappa shape index (κ2) is 5.54. The van der Waals surface area contributed by atoms with Crippen LogP contribution in [0.5, 0.6) is 0 Å². The molecule has 1 N–H and O–H groups in total. The summed E-state index contributed by atoms with van der Waals surface area (Å²) >= 11 is 10.9. The number of pyridine rings is 1. The van der Waals surface area contributed by atoms with Gasteiger partial charge in [0.1, 0.15) is 5.15 Å². The SMILES string of the molecule is O=C(O)c1nc(Cl)ccc1Cl.[K]. The first-order valence-electron chi connectivity index (χ1n) is 2.66. The number of hydrogen-bond donors (Lipinski definition) is 1. The van der Waals surface area contributed by atoms with E-state index in [1.54, 1.807) is 0 Å². The Bertz CT molecular complexity index is 306. The molecule has 1 rings (SSSR count). The van der Waals surface area contributed by atoms with Gasteiger partial charge in [0, 0.05) is 51.4 Å². The Balaban J connectivity index is 0.00000121. The second-order valence-electron chi connectivity index (χ2n) is 1.77. The van der Waals surface area contributed by atoms with Gasteiger partial charge in [-0.15, -0.1) is 0 Å². The Hall–Kier alpha value is 0.836. The van der Waals surface area contributed by atoms with Crippen molar-refractivity contribution < 1.29 is 9.90 Å². The molecule has 0 spiro atoms. The molecule has 0 bridgehead atoms. The molecule has 0 fully saturated rings. The van der Waals surface area contributed by atoms with Crippen molar-refractivity contribution in [1.82, 2.24) is 4.98 Å². The quantitative estimate of drug-likeness (QED) is 0.591. The zero-order valence-corrected chi connectivity index (χ0v) is 10.8. The zero-order valence-electron chi connectivity index (χ0n) is 6.21. The summed E-state index contributed by atoms with van der Waals surface area (Å²) in [5, 5.41) is 8.69. The summed E-state index contributed by atoms with van der Waals surface area (Å²) in [6.45, 7) is 0. The maximum Gasteiger partial charge on any atom is 0.356 e. The van der Waals surface area contributed by atoms with E-state index in [2.05, 4.69) is 4.98 Å². The molecule has 0 unspecified atom stereocenters. The van der Waals surface area contributed by atoms with Crippen molar-refractivity contribution in [3.8, 4) is 0 Å². The third-order valence-electron chi connectivity index (χ3n) is 1.01. The molecular weight excluding hydrogens is 228 g/mol. The van der Waals surface area contributed by atoms with E-state index in [9.17, 15) is 4.79 Å². The predicted molar refractivity (Wildman–Crippen MR) is 47.0 cm³/mol. The molecule has 1 radical (unpaired) electrons. The summed E-state index contributed by atoms with van der Waals surface area (Å²) in [6, 6.07) is 2.82. The van der Waals surface area contributed by atoms with E-state index in [1.807, 2.05) is 0 Å². The number of rotatable bonds is 1. The summed E-state index contributed by atoms with van der Waals surface area (Å²) < 4.78 is 0. The summed E-state index contributed by atoms with van der Waals surface area (Å²) in [5.74, 6) is -1.18. The van der Waals surface area contributed by atoms with Gasteiger partial charge in [-0.1, -0.05) is 23.2 Å². The average molecular weight is 231 g/mol. The molecule has 0 atom stereocenters. The van der Waals surface area contributed by atoms with Crippen LogP contribution in [0.4, 0.5) is 0 Å². The molecule has 0 amide bonds. The largest absolute Gasteiger partial charge is 0.476 e. The molecule has 1 aromatic rings. The van der Waals surface area contributed by atoms with E-state index in [0.717, 1.165) is 0 Å². The number of halogens is 2. The van der Waals surface area contributed by atoms with E-state index >= 15 is 0 Å². The minimum Gasteiger partial charge on any atom is -0.476 e. The maximum absolute atomic E-state index is 10.4. The van der Waals surface area contributed by atoms with Gasteiger partial charge in [-0.25, -0.2) is 9.78 Å². The van der Waals surface area contributed by atoms with Gasteiger partial charge in [-0.05, 0) is 12.1 Å². The van der Waals surface area contributed by atoms with Gasteiger partial charge in [-0.3, -0.25) is 0 Å². The number of nitrogens with zero attached hydrogens (tertiary/aromatic N) is 1. The minimum atomic E-state index is -1.18. The van der Waals surface area contributed by atoms with Gasteiger partial charge in [0.2, 0.25) is 0 Å². The van der Waals surface area contributed by atoms with E-state index in [1.165, 1.54) is 12.1 Å². The van der Waals surface area contributed by atoms with Gasteiger partial charge in [0.15, 0.2) is 5.69 Å². The van der Waals surface area contributed by atoms with Crippen LogP contribution in [-0.2, 0) is 0 Å². The fraction of sp³-hybridized carbons (Fsp3) is 0. The summed E-state index contributed by atoms with van der Waals surface area (Å²) in [4.78, 5) is 13.9. The van der Waals surface area contributed by atoms with Crippen LogP contribution in [0.3, 0.4) is 0 Å². The summed E-state index contributed by atoms with van der Waals surface area (Å²) in [5.41, 5.74) is -0.223. The molecule has 1 heterocycles. The van der Waals surface area contributed by atoms with Crippen molar-refractivity contribution >= 4 is 80.6 Å². The van der Waals surface area contributed by atoms with E-state index in [-0.39, 0.29) is 67.3 Å². The Morgan fingerprint density at radius 2 is 2.00 bits per heavy atom. The number of aromatic carboxylic acids is 1. The molecule has 0 saturated heterocycles. The van der Waals surface area contributed by atoms with Crippen molar-refractivity contribution in [3.05, 3.63) is 28.0 Å². The van der Waals surface area contributed by atoms with Gasteiger partial charge < -0.3 is 5.11 Å². The number of carboxylic acid groups (broad SMARTS) is 1. The normalized spacial score (nSPS) is 8.83. The molecule has 0 aliphatic heterocycles. The predicted octanol–water partition coefficient (Wildman–Crippen LogP) is 1.71. The van der Waals surface area contributed by atoms with Crippen molar-refractivity contribution in [1.29, 1.82) is 0 Å². The Morgan fingerprint density at radius 3 is 2.42 bits per heavy atom. The van der Waals surface area contributed by atoms with Crippen LogP contribution in [0.15, 0.2) is 12.1 Å². The fourth-order valence-corrected chi connectivity index (χ4v) is 0.902. The Morgan fingerprint density at radius 1 is 1.42 bits per heavy atom. The van der Waals surface area contributed by atoms with Gasteiger partial charge in [0.25, 0.3) is 0 Å². The van der Waals surface area contributed by atoms with Crippen LogP contribution in [0.2, 0.25) is 10.2 Å². The molecule has 1 aromatic heterocycles. The molecule has 59 valence electrons. The van der Waals surface area contributed by atoms with Gasteiger partial charge in [-0.2, -0.15) is 0 Å². The van der Waals surface area contributed by atoms with Crippen molar-refractivity contribution in [2.75, 3.05) is 0 Å². The molecule has 6 heteroatoms. The first-order chi connectivity index (χ1) is 5.11. The molecule has 0 saturated carbocycles. The van der Waals surface area contributed by atoms with Crippen LogP contribution < -0.4 is 0 Å². The Kier molecular flexibility index (Phi) is 5.93. The van der Waals surface area contributed by atoms with Crippen LogP contribution in [0.25, 0.3) is 0 Å². The Labute approximate surface area is 122 Å². The van der Waals surface area contributed by atoms with E-state index in [4.69, 9.17) is 28.3 Å². The maximum atomic E-state index is 10.4. The monoisotopic (exact) mass is 230 g/mol. The number of carboxylic acids is 1. The van der Waals surface area contributed by atoms with Crippen LogP contribution in [0.1, 0.15) is 10.5 Å². The molecule has 3 nitrogen and oxygen atoms in total. The average Bonchev–Trinajstić information content (AvgIpc) is 1.94. The standard InChI is InChI=1S/C6H3Cl2NO2.K/c7-3-1-2-4(8)9-5(3)6(10)11;/h1-2H,(H,10,11);. The first kappa shape index (κ1) is 12.8. The number of carbonyl (C=O) groups is 1. The van der Waals surface area contributed by atoms with Crippen molar-refractivity contribution in [2.24, 2.45) is 0 Å². The fourth-order valence-electron chi connectivity index (χ4n) is 0.568. The van der Waals surface area contributed by atoms with Crippen LogP contribution in [0, 0.1) is 0 Å². The number of aromatic nitrogens is 1. The minimum absolute atomic E-state index is 0. The van der Waals surface area contributed by atoms with E-state index < -0.39 is 5.97 Å². The first-order valence-corrected chi connectivity index (χ1v) is 3.42. The van der Waals surface area contributed by atoms with Gasteiger partial charge in [0.05, 0.1) is 5.02 Å². The van der Waals surface area contributed by atoms with Crippen LogP contribution in [-0.4, -0.2) is 67.4 Å². The third kappa shape index (κ3) is 3.30. The molecule has 0 aromatic carbocycles. The summed E-state index contributed by atoms with van der Waals surface area (Å²) in [7, 11) is 0. The topological polar surface area (TPSA) is 50.2 Å². The van der Waals surface area contributed by atoms with E-state index in [0.29, 0.717) is 0 Å². The third-order valence-corrected chi connectivity index (χ3v) is 1.53. The molecule has 0 aliphatic rings. The smallest absolute Gasteiger partial charge is 0.356 e. The molecular formula is C6H3Cl2KNO2. The number of hydrogen-bond acceptors (Lipinski definition) is 2. The van der Waals surface area contributed by atoms with Crippen molar-refractivity contribution in [2.45, 2.75) is 0 Å². The zero-order chi connectivity index (χ0) is 8.43.